The molecule has 1 aromatic heterocycles. The zero-order valence-corrected chi connectivity index (χ0v) is 15.6. The molecule has 1 N–H and O–H groups in total. The van der Waals surface area contributed by atoms with Gasteiger partial charge in [0.05, 0.1) is 30.4 Å². The second kappa shape index (κ2) is 5.66. The van der Waals surface area contributed by atoms with Crippen LogP contribution in [0.5, 0.6) is 0 Å². The Labute approximate surface area is 159 Å². The summed E-state index contributed by atoms with van der Waals surface area (Å²) < 4.78 is 16.8. The molecule has 0 amide bonds. The molecule has 0 spiro atoms. The number of aliphatic hydroxyl groups is 1. The standard InChI is InChI=1S/C23H27FN2O/c24-18-4-1-3-17-20-12-25-13-26(20)19(21(17)18)5-2-6-23-9-14-7-15(10-23)22(27)16(8-14)11-23/h1,3-4,12-16,19,22,27H,2,5-11H2/t14?,15?,16?,19-,22?,23?/m0/s1. The lowest BCUT2D eigenvalue weighted by Gasteiger charge is -2.59. The summed E-state index contributed by atoms with van der Waals surface area (Å²) >= 11 is 0. The van der Waals surface area contributed by atoms with E-state index in [1.165, 1.54) is 38.5 Å². The molecule has 1 aromatic carbocycles. The van der Waals surface area contributed by atoms with Gasteiger partial charge < -0.3 is 9.67 Å². The van der Waals surface area contributed by atoms with Crippen molar-refractivity contribution in [1.82, 2.24) is 9.55 Å². The van der Waals surface area contributed by atoms with Crippen molar-refractivity contribution in [3.63, 3.8) is 0 Å². The lowest BCUT2D eigenvalue weighted by Crippen LogP contribution is -2.53. The smallest absolute Gasteiger partial charge is 0.129 e. The quantitative estimate of drug-likeness (QED) is 0.831. The maximum absolute atomic E-state index is 14.6. The number of benzene rings is 1. The van der Waals surface area contributed by atoms with Crippen molar-refractivity contribution in [2.45, 2.75) is 63.5 Å². The minimum Gasteiger partial charge on any atom is -0.393 e. The zero-order chi connectivity index (χ0) is 18.2. The van der Waals surface area contributed by atoms with Gasteiger partial charge in [0, 0.05) is 11.1 Å². The Morgan fingerprint density at radius 2 is 2.00 bits per heavy atom. The predicted molar refractivity (Wildman–Crippen MR) is 102 cm³/mol. The average Bonchev–Trinajstić information content (AvgIpc) is 3.22. The van der Waals surface area contributed by atoms with E-state index in [0.717, 1.165) is 35.6 Å². The van der Waals surface area contributed by atoms with Crippen molar-refractivity contribution in [2.75, 3.05) is 0 Å². The Kier molecular flexibility index (Phi) is 3.42. The molecule has 2 heterocycles. The summed E-state index contributed by atoms with van der Waals surface area (Å²) in [5.74, 6) is 1.84. The van der Waals surface area contributed by atoms with Gasteiger partial charge in [0.1, 0.15) is 5.82 Å². The molecule has 0 radical (unpaired) electrons. The molecule has 4 fully saturated rings. The minimum atomic E-state index is -0.0841. The molecule has 4 saturated carbocycles. The Hall–Kier alpha value is -1.68. The molecule has 0 saturated heterocycles. The van der Waals surface area contributed by atoms with E-state index in [9.17, 15) is 9.50 Å². The molecule has 4 aliphatic carbocycles. The highest BCUT2D eigenvalue weighted by molar-refractivity contribution is 5.69. The first-order valence-electron chi connectivity index (χ1n) is 10.6. The SMILES string of the molecule is OC1C2CC3CC1CC(CCC[C@H]1c4c(F)cccc4-c4cncn41)(C3)C2. The third-order valence-electron chi connectivity index (χ3n) is 8.20. The molecule has 7 rings (SSSR count). The van der Waals surface area contributed by atoms with Crippen molar-refractivity contribution in [2.24, 2.45) is 23.2 Å². The number of imidazole rings is 1. The molecule has 142 valence electrons. The van der Waals surface area contributed by atoms with Gasteiger partial charge in [-0.25, -0.2) is 9.37 Å². The minimum absolute atomic E-state index is 0.0426. The first-order valence-corrected chi connectivity index (χ1v) is 10.6. The van der Waals surface area contributed by atoms with Gasteiger partial charge in [-0.05, 0) is 74.2 Å². The number of nitrogens with zero attached hydrogens (tertiary/aromatic N) is 2. The maximum Gasteiger partial charge on any atom is 0.129 e. The normalized spacial score (nSPS) is 38.2. The van der Waals surface area contributed by atoms with Gasteiger partial charge in [-0.15, -0.1) is 0 Å². The van der Waals surface area contributed by atoms with E-state index < -0.39 is 0 Å². The van der Waals surface area contributed by atoms with E-state index >= 15 is 0 Å². The summed E-state index contributed by atoms with van der Waals surface area (Å²) in [6.07, 6.45) is 13.3. The van der Waals surface area contributed by atoms with Crippen LogP contribution in [-0.2, 0) is 0 Å². The molecule has 3 atom stereocenters. The second-order valence-corrected chi connectivity index (χ2v) is 9.76. The fourth-order valence-electron chi connectivity index (χ4n) is 7.43. The van der Waals surface area contributed by atoms with Crippen LogP contribution in [0.4, 0.5) is 4.39 Å². The maximum atomic E-state index is 14.6. The molecule has 1 aliphatic heterocycles. The summed E-state index contributed by atoms with van der Waals surface area (Å²) in [4.78, 5) is 4.31. The van der Waals surface area contributed by atoms with Crippen molar-refractivity contribution >= 4 is 0 Å². The van der Waals surface area contributed by atoms with Crippen LogP contribution < -0.4 is 0 Å². The van der Waals surface area contributed by atoms with Gasteiger partial charge in [0.25, 0.3) is 0 Å². The fraction of sp³-hybridized carbons (Fsp3) is 0.609. The summed E-state index contributed by atoms with van der Waals surface area (Å²) in [6, 6.07) is 5.49. The summed E-state index contributed by atoms with van der Waals surface area (Å²) in [6.45, 7) is 0. The van der Waals surface area contributed by atoms with Gasteiger partial charge in [-0.3, -0.25) is 0 Å². The number of hydrogen-bond acceptors (Lipinski definition) is 2. The van der Waals surface area contributed by atoms with Crippen LogP contribution in [0, 0.1) is 29.0 Å². The predicted octanol–water partition coefficient (Wildman–Crippen LogP) is 4.95. The molecule has 27 heavy (non-hydrogen) atoms. The molecular weight excluding hydrogens is 339 g/mol. The average molecular weight is 366 g/mol. The van der Waals surface area contributed by atoms with Crippen molar-refractivity contribution in [3.8, 4) is 11.3 Å². The molecular formula is C23H27FN2O. The lowest BCUT2D eigenvalue weighted by molar-refractivity contribution is -0.137. The molecule has 2 unspecified atom stereocenters. The summed E-state index contributed by atoms with van der Waals surface area (Å²) in [7, 11) is 0. The first-order chi connectivity index (χ1) is 13.1. The van der Waals surface area contributed by atoms with Crippen LogP contribution >= 0.6 is 0 Å². The Bertz CT molecular complexity index is 874. The van der Waals surface area contributed by atoms with Gasteiger partial charge in [-0.2, -0.15) is 0 Å². The number of fused-ring (bicyclic) bond motifs is 3. The summed E-state index contributed by atoms with van der Waals surface area (Å²) in [5, 5.41) is 10.5. The Morgan fingerprint density at radius 3 is 2.81 bits per heavy atom. The van der Waals surface area contributed by atoms with Crippen LogP contribution in [0.2, 0.25) is 0 Å². The van der Waals surface area contributed by atoms with Crippen molar-refractivity contribution in [3.05, 3.63) is 42.1 Å². The van der Waals surface area contributed by atoms with Crippen LogP contribution in [0.25, 0.3) is 11.3 Å². The largest absolute Gasteiger partial charge is 0.393 e. The molecule has 5 aliphatic rings. The van der Waals surface area contributed by atoms with Gasteiger partial charge in [0.15, 0.2) is 0 Å². The third kappa shape index (κ3) is 2.32. The Balaban J connectivity index is 1.21. The lowest BCUT2D eigenvalue weighted by atomic mass is 9.47. The van der Waals surface area contributed by atoms with Crippen LogP contribution in [0.3, 0.4) is 0 Å². The number of aliphatic hydroxyl groups excluding tert-OH is 1. The van der Waals surface area contributed by atoms with Crippen molar-refractivity contribution < 1.29 is 9.50 Å². The zero-order valence-electron chi connectivity index (χ0n) is 15.6. The molecule has 4 bridgehead atoms. The van der Waals surface area contributed by atoms with Gasteiger partial charge >= 0.3 is 0 Å². The first kappa shape index (κ1) is 16.3. The van der Waals surface area contributed by atoms with E-state index in [2.05, 4.69) is 9.55 Å². The topological polar surface area (TPSA) is 38.1 Å². The third-order valence-corrected chi connectivity index (χ3v) is 8.20. The molecule has 3 nitrogen and oxygen atoms in total. The van der Waals surface area contributed by atoms with E-state index in [1.54, 1.807) is 12.1 Å². The van der Waals surface area contributed by atoms with Crippen LogP contribution in [-0.4, -0.2) is 20.8 Å². The van der Waals surface area contributed by atoms with E-state index in [-0.39, 0.29) is 18.0 Å². The fourth-order valence-corrected chi connectivity index (χ4v) is 7.43. The van der Waals surface area contributed by atoms with Crippen molar-refractivity contribution in [1.29, 1.82) is 0 Å². The van der Waals surface area contributed by atoms with Gasteiger partial charge in [0.2, 0.25) is 0 Å². The molecule has 4 heteroatoms. The number of aromatic nitrogens is 2. The highest BCUT2D eigenvalue weighted by atomic mass is 19.1. The monoisotopic (exact) mass is 366 g/mol. The highest BCUT2D eigenvalue weighted by Gasteiger charge is 2.54. The highest BCUT2D eigenvalue weighted by Crippen LogP contribution is 2.62. The Morgan fingerprint density at radius 1 is 1.19 bits per heavy atom. The van der Waals surface area contributed by atoms with Crippen LogP contribution in [0.15, 0.2) is 30.7 Å². The number of rotatable bonds is 4. The second-order valence-electron chi connectivity index (χ2n) is 9.76. The van der Waals surface area contributed by atoms with E-state index in [4.69, 9.17) is 0 Å². The van der Waals surface area contributed by atoms with Crippen LogP contribution in [0.1, 0.15) is 63.0 Å². The molecule has 2 aromatic rings. The number of hydrogen-bond donors (Lipinski definition) is 1. The van der Waals surface area contributed by atoms with Gasteiger partial charge in [-0.1, -0.05) is 18.6 Å². The van der Waals surface area contributed by atoms with E-state index in [0.29, 0.717) is 17.3 Å². The van der Waals surface area contributed by atoms with E-state index in [1.807, 2.05) is 18.6 Å². The summed E-state index contributed by atoms with van der Waals surface area (Å²) in [5.41, 5.74) is 3.36. The number of halogens is 1.